The fraction of sp³-hybridized carbons (Fsp3) is 0.240. The van der Waals surface area contributed by atoms with Crippen molar-refractivity contribution in [3.05, 3.63) is 101 Å². The molecule has 2 amide bonds. The third-order valence-corrected chi connectivity index (χ3v) is 5.37. The number of aromatic nitrogens is 1. The molecule has 0 spiro atoms. The minimum absolute atomic E-state index is 0.0645. The van der Waals surface area contributed by atoms with E-state index in [9.17, 15) is 9.59 Å². The molecule has 0 aliphatic rings. The van der Waals surface area contributed by atoms with Gasteiger partial charge in [-0.1, -0.05) is 54.1 Å². The highest BCUT2D eigenvalue weighted by Crippen LogP contribution is 2.15. The zero-order valence-corrected chi connectivity index (χ0v) is 18.3. The van der Waals surface area contributed by atoms with Gasteiger partial charge in [0.1, 0.15) is 6.04 Å². The number of pyridine rings is 1. The predicted molar refractivity (Wildman–Crippen MR) is 122 cm³/mol. The van der Waals surface area contributed by atoms with Crippen molar-refractivity contribution in [1.82, 2.24) is 15.2 Å². The molecule has 5 nitrogen and oxygen atoms in total. The van der Waals surface area contributed by atoms with Gasteiger partial charge in [-0.15, -0.1) is 0 Å². The number of nitrogens with one attached hydrogen (secondary N) is 1. The van der Waals surface area contributed by atoms with Gasteiger partial charge in [-0.2, -0.15) is 0 Å². The molecule has 1 aromatic heterocycles. The van der Waals surface area contributed by atoms with E-state index < -0.39 is 6.04 Å². The standard InChI is InChI=1S/C25H26ClN3O2/c1-19(25(31)28-17-21-13-15-27-16-14-21)29(18-22-7-10-23(26)11-8-22)24(30)12-9-20-5-3-2-4-6-20/h2-8,10-11,13-16,19H,9,12,17-18H2,1H3,(H,28,31)/t19-/m0/s1. The van der Waals surface area contributed by atoms with Crippen LogP contribution in [-0.2, 0) is 29.1 Å². The smallest absolute Gasteiger partial charge is 0.242 e. The van der Waals surface area contributed by atoms with Gasteiger partial charge in [-0.05, 0) is 54.3 Å². The maximum Gasteiger partial charge on any atom is 0.242 e. The second kappa shape index (κ2) is 11.3. The highest BCUT2D eigenvalue weighted by Gasteiger charge is 2.25. The van der Waals surface area contributed by atoms with Crippen LogP contribution in [-0.4, -0.2) is 27.7 Å². The second-order valence-electron chi connectivity index (χ2n) is 7.38. The van der Waals surface area contributed by atoms with Crippen molar-refractivity contribution in [3.8, 4) is 0 Å². The van der Waals surface area contributed by atoms with Gasteiger partial charge in [0.2, 0.25) is 11.8 Å². The number of halogens is 1. The first-order valence-electron chi connectivity index (χ1n) is 10.3. The van der Waals surface area contributed by atoms with Crippen LogP contribution in [0.5, 0.6) is 0 Å². The van der Waals surface area contributed by atoms with Crippen molar-refractivity contribution in [2.24, 2.45) is 0 Å². The lowest BCUT2D eigenvalue weighted by molar-refractivity contribution is -0.140. The molecule has 0 aliphatic heterocycles. The monoisotopic (exact) mass is 435 g/mol. The van der Waals surface area contributed by atoms with Crippen LogP contribution in [0.15, 0.2) is 79.1 Å². The van der Waals surface area contributed by atoms with Gasteiger partial charge >= 0.3 is 0 Å². The molecule has 31 heavy (non-hydrogen) atoms. The minimum atomic E-state index is -0.610. The first-order valence-corrected chi connectivity index (χ1v) is 10.6. The van der Waals surface area contributed by atoms with Crippen LogP contribution in [0.25, 0.3) is 0 Å². The van der Waals surface area contributed by atoms with E-state index in [4.69, 9.17) is 11.6 Å². The van der Waals surface area contributed by atoms with Crippen LogP contribution < -0.4 is 5.32 Å². The quantitative estimate of drug-likeness (QED) is 0.541. The average molecular weight is 436 g/mol. The largest absolute Gasteiger partial charge is 0.350 e. The Balaban J connectivity index is 1.69. The van der Waals surface area contributed by atoms with E-state index in [0.717, 1.165) is 16.7 Å². The molecule has 0 saturated heterocycles. The molecule has 0 aliphatic carbocycles. The Morgan fingerprint density at radius 2 is 1.61 bits per heavy atom. The lowest BCUT2D eigenvalue weighted by atomic mass is 10.1. The molecule has 2 aromatic carbocycles. The predicted octanol–water partition coefficient (Wildman–Crippen LogP) is 4.40. The normalized spacial score (nSPS) is 11.5. The van der Waals surface area contributed by atoms with Crippen LogP contribution in [0.4, 0.5) is 0 Å². The third-order valence-electron chi connectivity index (χ3n) is 5.12. The zero-order chi connectivity index (χ0) is 22.1. The van der Waals surface area contributed by atoms with E-state index in [0.29, 0.717) is 31.0 Å². The Bertz CT molecular complexity index is 979. The average Bonchev–Trinajstić information content (AvgIpc) is 2.81. The molecule has 3 rings (SSSR count). The molecule has 3 aromatic rings. The van der Waals surface area contributed by atoms with Crippen molar-refractivity contribution in [2.75, 3.05) is 0 Å². The number of carbonyl (C=O) groups is 2. The Morgan fingerprint density at radius 3 is 2.29 bits per heavy atom. The third kappa shape index (κ3) is 6.93. The zero-order valence-electron chi connectivity index (χ0n) is 17.5. The molecular weight excluding hydrogens is 410 g/mol. The molecule has 160 valence electrons. The lowest BCUT2D eigenvalue weighted by Gasteiger charge is -2.29. The van der Waals surface area contributed by atoms with E-state index in [2.05, 4.69) is 10.3 Å². The summed E-state index contributed by atoms with van der Waals surface area (Å²) in [4.78, 5) is 31.6. The molecule has 6 heteroatoms. The minimum Gasteiger partial charge on any atom is -0.350 e. The number of benzene rings is 2. The van der Waals surface area contributed by atoms with Crippen LogP contribution in [0.1, 0.15) is 30.0 Å². The summed E-state index contributed by atoms with van der Waals surface area (Å²) in [6.45, 7) is 2.49. The van der Waals surface area contributed by atoms with E-state index >= 15 is 0 Å². The highest BCUT2D eigenvalue weighted by molar-refractivity contribution is 6.30. The van der Waals surface area contributed by atoms with Gasteiger partial charge in [-0.3, -0.25) is 14.6 Å². The van der Waals surface area contributed by atoms with Crippen LogP contribution in [0.2, 0.25) is 5.02 Å². The van der Waals surface area contributed by atoms with Gasteiger partial charge in [-0.25, -0.2) is 0 Å². The molecule has 1 N–H and O–H groups in total. The van der Waals surface area contributed by atoms with Gasteiger partial charge in [0.05, 0.1) is 0 Å². The Morgan fingerprint density at radius 1 is 0.935 bits per heavy atom. The van der Waals surface area contributed by atoms with Gasteiger partial charge in [0.15, 0.2) is 0 Å². The fourth-order valence-corrected chi connectivity index (χ4v) is 3.37. The summed E-state index contributed by atoms with van der Waals surface area (Å²) >= 11 is 5.99. The Kier molecular flexibility index (Phi) is 8.19. The van der Waals surface area contributed by atoms with E-state index in [1.54, 1.807) is 36.4 Å². The summed E-state index contributed by atoms with van der Waals surface area (Å²) in [6.07, 6.45) is 4.33. The number of nitrogens with zero attached hydrogens (tertiary/aromatic N) is 2. The summed E-state index contributed by atoms with van der Waals surface area (Å²) in [5, 5.41) is 3.55. The Labute approximate surface area is 188 Å². The SMILES string of the molecule is C[C@@H](C(=O)NCc1ccncc1)N(Cc1ccc(Cl)cc1)C(=O)CCc1ccccc1. The van der Waals surface area contributed by atoms with Crippen LogP contribution >= 0.6 is 11.6 Å². The topological polar surface area (TPSA) is 62.3 Å². The number of hydrogen-bond acceptors (Lipinski definition) is 3. The maximum atomic E-state index is 13.1. The molecule has 0 unspecified atom stereocenters. The molecule has 1 heterocycles. The number of rotatable bonds is 9. The maximum absolute atomic E-state index is 13.1. The summed E-state index contributed by atoms with van der Waals surface area (Å²) in [5.41, 5.74) is 2.97. The number of amides is 2. The summed E-state index contributed by atoms with van der Waals surface area (Å²) in [6, 6.07) is 20.3. The van der Waals surface area contributed by atoms with E-state index in [-0.39, 0.29) is 11.8 Å². The van der Waals surface area contributed by atoms with Crippen molar-refractivity contribution in [3.63, 3.8) is 0 Å². The van der Waals surface area contributed by atoms with Crippen molar-refractivity contribution >= 4 is 23.4 Å². The van der Waals surface area contributed by atoms with Crippen molar-refractivity contribution in [2.45, 2.75) is 38.9 Å². The lowest BCUT2D eigenvalue weighted by Crippen LogP contribution is -2.47. The molecule has 0 saturated carbocycles. The summed E-state index contributed by atoms with van der Waals surface area (Å²) < 4.78 is 0. The van der Waals surface area contributed by atoms with Gasteiger partial charge in [0.25, 0.3) is 0 Å². The second-order valence-corrected chi connectivity index (χ2v) is 7.82. The number of carbonyl (C=O) groups excluding carboxylic acids is 2. The molecule has 0 fully saturated rings. The first kappa shape index (κ1) is 22.5. The van der Waals surface area contributed by atoms with E-state index in [1.165, 1.54) is 0 Å². The first-order chi connectivity index (χ1) is 15.0. The fourth-order valence-electron chi connectivity index (χ4n) is 3.25. The summed E-state index contributed by atoms with van der Waals surface area (Å²) in [7, 11) is 0. The van der Waals surface area contributed by atoms with Crippen LogP contribution in [0.3, 0.4) is 0 Å². The van der Waals surface area contributed by atoms with Gasteiger partial charge < -0.3 is 10.2 Å². The molecule has 1 atom stereocenters. The summed E-state index contributed by atoms with van der Waals surface area (Å²) in [5.74, 6) is -0.260. The van der Waals surface area contributed by atoms with Crippen molar-refractivity contribution in [1.29, 1.82) is 0 Å². The van der Waals surface area contributed by atoms with Gasteiger partial charge in [0, 0.05) is 36.9 Å². The Hall–Kier alpha value is -3.18. The number of aryl methyl sites for hydroxylation is 1. The number of hydrogen-bond donors (Lipinski definition) is 1. The molecular formula is C25H26ClN3O2. The highest BCUT2D eigenvalue weighted by atomic mass is 35.5. The van der Waals surface area contributed by atoms with E-state index in [1.807, 2.05) is 54.6 Å². The molecule has 0 bridgehead atoms. The van der Waals surface area contributed by atoms with Crippen molar-refractivity contribution < 1.29 is 9.59 Å². The molecule has 0 radical (unpaired) electrons. The van der Waals surface area contributed by atoms with Crippen LogP contribution in [0, 0.1) is 0 Å².